The van der Waals surface area contributed by atoms with Gasteiger partial charge in [-0.15, -0.1) is 10.2 Å². The lowest BCUT2D eigenvalue weighted by Gasteiger charge is -2.32. The molecule has 1 fully saturated rings. The minimum Gasteiger partial charge on any atom is -0.421 e. The smallest absolute Gasteiger partial charge is 0.421 e. The van der Waals surface area contributed by atoms with Crippen molar-refractivity contribution < 1.29 is 18.8 Å². The second-order valence-corrected chi connectivity index (χ2v) is 7.66. The zero-order chi connectivity index (χ0) is 19.2. The maximum absolute atomic E-state index is 10.5. The van der Waals surface area contributed by atoms with Crippen LogP contribution in [0.4, 0.5) is 0 Å². The largest absolute Gasteiger partial charge is 0.494 e. The third kappa shape index (κ3) is 3.54. The van der Waals surface area contributed by atoms with Gasteiger partial charge in [-0.1, -0.05) is 24.0 Å². The van der Waals surface area contributed by atoms with Gasteiger partial charge in [0.05, 0.1) is 11.2 Å². The van der Waals surface area contributed by atoms with Crippen molar-refractivity contribution in [3.05, 3.63) is 41.6 Å². The zero-order valence-corrected chi connectivity index (χ0v) is 16.0. The Bertz CT molecular complexity index is 861. The molecule has 2 aromatic rings. The summed E-state index contributed by atoms with van der Waals surface area (Å²) in [7, 11) is -0.458. The molecule has 3 rings (SSSR count). The van der Waals surface area contributed by atoms with Gasteiger partial charge in [0.15, 0.2) is 0 Å². The number of aliphatic hydroxyl groups is 1. The maximum Gasteiger partial charge on any atom is 0.494 e. The van der Waals surface area contributed by atoms with E-state index in [0.717, 1.165) is 11.0 Å². The van der Waals surface area contributed by atoms with Crippen molar-refractivity contribution in [3.8, 4) is 11.8 Å². The summed E-state index contributed by atoms with van der Waals surface area (Å²) >= 11 is 0. The molecule has 1 N–H and O–H groups in total. The first-order valence-electron chi connectivity index (χ1n) is 8.52. The van der Waals surface area contributed by atoms with E-state index in [4.69, 9.17) is 13.7 Å². The van der Waals surface area contributed by atoms with Crippen molar-refractivity contribution in [1.29, 1.82) is 0 Å². The fourth-order valence-corrected chi connectivity index (χ4v) is 2.48. The van der Waals surface area contributed by atoms with Gasteiger partial charge < -0.3 is 18.8 Å². The lowest BCUT2D eigenvalue weighted by Crippen LogP contribution is -2.41. The first-order chi connectivity index (χ1) is 12.0. The summed E-state index contributed by atoms with van der Waals surface area (Å²) < 4.78 is 17.4. The van der Waals surface area contributed by atoms with Crippen molar-refractivity contribution in [3.63, 3.8) is 0 Å². The fraction of sp³-hybridized carbons (Fsp3) is 0.474. The Hall–Kier alpha value is -2.14. The molecule has 7 heteroatoms. The lowest BCUT2D eigenvalue weighted by atomic mass is 9.78. The number of benzene rings is 1. The summed E-state index contributed by atoms with van der Waals surface area (Å²) in [5.41, 5.74) is -0.725. The summed E-state index contributed by atoms with van der Waals surface area (Å²) in [4.78, 5) is 0. The third-order valence-electron chi connectivity index (χ3n) is 4.80. The maximum atomic E-state index is 10.5. The molecule has 1 aliphatic rings. The van der Waals surface area contributed by atoms with Gasteiger partial charge in [0.2, 0.25) is 11.5 Å². The molecule has 0 amide bonds. The molecule has 0 saturated carbocycles. The second kappa shape index (κ2) is 6.24. The van der Waals surface area contributed by atoms with Crippen molar-refractivity contribution in [2.75, 3.05) is 0 Å². The molecule has 0 unspecified atom stereocenters. The molecule has 0 bridgehead atoms. The van der Waals surface area contributed by atoms with Gasteiger partial charge in [-0.05, 0) is 52.2 Å². The van der Waals surface area contributed by atoms with E-state index in [-0.39, 0.29) is 5.89 Å². The van der Waals surface area contributed by atoms with Crippen LogP contribution in [0.15, 0.2) is 28.7 Å². The predicted molar refractivity (Wildman–Crippen MR) is 97.6 cm³/mol. The standard InChI is InChI=1S/C19H23BN2O4/c1-13-21-22-16(24-13)19(6,23)11-10-14-8-7-9-15(12-14)20-25-17(2,3)18(4,5)26-20/h7-9,12,23H,1-6H3/t19-/m1/s1. The van der Waals surface area contributed by atoms with Crippen LogP contribution in [0, 0.1) is 18.8 Å². The molecule has 26 heavy (non-hydrogen) atoms. The van der Waals surface area contributed by atoms with Gasteiger partial charge in [0.25, 0.3) is 5.89 Å². The molecule has 1 aliphatic heterocycles. The first-order valence-corrected chi connectivity index (χ1v) is 8.52. The molecule has 0 aliphatic carbocycles. The fourth-order valence-electron chi connectivity index (χ4n) is 2.48. The van der Waals surface area contributed by atoms with Crippen LogP contribution in [-0.4, -0.2) is 33.6 Å². The third-order valence-corrected chi connectivity index (χ3v) is 4.80. The number of aryl methyl sites for hydroxylation is 1. The van der Waals surface area contributed by atoms with Crippen molar-refractivity contribution in [2.45, 2.75) is 58.3 Å². The normalized spacial score (nSPS) is 20.3. The van der Waals surface area contributed by atoms with Crippen LogP contribution in [0.3, 0.4) is 0 Å². The van der Waals surface area contributed by atoms with E-state index >= 15 is 0 Å². The summed E-state index contributed by atoms with van der Waals surface area (Å²) in [5.74, 6) is 6.20. The van der Waals surface area contributed by atoms with Crippen LogP contribution in [0.5, 0.6) is 0 Å². The number of hydrogen-bond acceptors (Lipinski definition) is 6. The van der Waals surface area contributed by atoms with E-state index in [9.17, 15) is 5.11 Å². The molecule has 1 aromatic carbocycles. The average molecular weight is 354 g/mol. The number of rotatable bonds is 2. The Balaban J connectivity index is 1.84. The highest BCUT2D eigenvalue weighted by atomic mass is 16.7. The predicted octanol–water partition coefficient (Wildman–Crippen LogP) is 1.94. The van der Waals surface area contributed by atoms with E-state index < -0.39 is 23.9 Å². The summed E-state index contributed by atoms with van der Waals surface area (Å²) in [6, 6.07) is 7.57. The minimum absolute atomic E-state index is 0.0737. The monoisotopic (exact) mass is 354 g/mol. The van der Waals surface area contributed by atoms with Gasteiger partial charge in [0.1, 0.15) is 0 Å². The highest BCUT2D eigenvalue weighted by Crippen LogP contribution is 2.36. The SMILES string of the molecule is Cc1nnc([C@](C)(O)C#Cc2cccc(B3OC(C)(C)C(C)(C)O3)c2)o1. The van der Waals surface area contributed by atoms with E-state index in [1.165, 1.54) is 6.92 Å². The van der Waals surface area contributed by atoms with Gasteiger partial charge in [-0.2, -0.15) is 0 Å². The minimum atomic E-state index is -1.53. The first kappa shape index (κ1) is 18.6. The number of hydrogen-bond donors (Lipinski definition) is 1. The highest BCUT2D eigenvalue weighted by Gasteiger charge is 2.51. The Kier molecular flexibility index (Phi) is 4.47. The van der Waals surface area contributed by atoms with Crippen LogP contribution in [-0.2, 0) is 14.9 Å². The molecular formula is C19H23BN2O4. The zero-order valence-electron chi connectivity index (χ0n) is 16.0. The van der Waals surface area contributed by atoms with E-state index in [1.54, 1.807) is 6.92 Å². The van der Waals surface area contributed by atoms with Crippen LogP contribution < -0.4 is 5.46 Å². The van der Waals surface area contributed by atoms with E-state index in [1.807, 2.05) is 52.0 Å². The summed E-state index contributed by atoms with van der Waals surface area (Å²) in [6.45, 7) is 11.2. The van der Waals surface area contributed by atoms with Crippen LogP contribution in [0.2, 0.25) is 0 Å². The molecule has 0 radical (unpaired) electrons. The molecule has 6 nitrogen and oxygen atoms in total. The van der Waals surface area contributed by atoms with Crippen LogP contribution in [0.1, 0.15) is 52.0 Å². The van der Waals surface area contributed by atoms with Crippen LogP contribution in [0.25, 0.3) is 0 Å². The summed E-state index contributed by atoms with van der Waals surface area (Å²) in [6.07, 6.45) is 0. The lowest BCUT2D eigenvalue weighted by molar-refractivity contribution is 0.00578. The highest BCUT2D eigenvalue weighted by molar-refractivity contribution is 6.62. The molecule has 1 aromatic heterocycles. The van der Waals surface area contributed by atoms with Crippen molar-refractivity contribution >= 4 is 12.6 Å². The molecule has 136 valence electrons. The summed E-state index contributed by atoms with van der Waals surface area (Å²) in [5, 5.41) is 18.0. The molecule has 2 heterocycles. The second-order valence-electron chi connectivity index (χ2n) is 7.66. The Morgan fingerprint density at radius 1 is 1.12 bits per heavy atom. The Morgan fingerprint density at radius 3 is 2.35 bits per heavy atom. The molecular weight excluding hydrogens is 331 g/mol. The molecule has 1 atom stereocenters. The van der Waals surface area contributed by atoms with Gasteiger partial charge in [0, 0.05) is 12.5 Å². The van der Waals surface area contributed by atoms with E-state index in [0.29, 0.717) is 5.89 Å². The van der Waals surface area contributed by atoms with Gasteiger partial charge in [-0.3, -0.25) is 0 Å². The Labute approximate surface area is 154 Å². The number of aromatic nitrogens is 2. The van der Waals surface area contributed by atoms with Crippen LogP contribution >= 0.6 is 0 Å². The topological polar surface area (TPSA) is 77.6 Å². The van der Waals surface area contributed by atoms with Crippen molar-refractivity contribution in [1.82, 2.24) is 10.2 Å². The van der Waals surface area contributed by atoms with Crippen molar-refractivity contribution in [2.24, 2.45) is 0 Å². The number of nitrogens with zero attached hydrogens (tertiary/aromatic N) is 2. The van der Waals surface area contributed by atoms with E-state index in [2.05, 4.69) is 22.0 Å². The quantitative estimate of drug-likeness (QED) is 0.656. The molecule has 0 spiro atoms. The average Bonchev–Trinajstić information content (AvgIpc) is 3.08. The van der Waals surface area contributed by atoms with Gasteiger partial charge >= 0.3 is 7.12 Å². The molecule has 1 saturated heterocycles. The van der Waals surface area contributed by atoms with Gasteiger partial charge in [-0.25, -0.2) is 0 Å². The Morgan fingerprint density at radius 2 is 1.77 bits per heavy atom.